The minimum atomic E-state index is -1.29. The molecule has 2 amide bonds. The number of carbonyl (C=O) groups excluding carboxylic acids is 2. The second kappa shape index (κ2) is 9.19. The molecule has 0 radical (unpaired) electrons. The molecule has 1 spiro atoms. The molecular weight excluding hydrogens is 536 g/mol. The number of halogens is 1. The summed E-state index contributed by atoms with van der Waals surface area (Å²) >= 11 is 3.62. The number of hydrogen-bond acceptors (Lipinski definition) is 5. The topological polar surface area (TPSA) is 90.3 Å². The molecule has 2 aromatic carbocycles. The molecule has 0 bridgehead atoms. The third-order valence-corrected chi connectivity index (χ3v) is 9.17. The zero-order valence-electron chi connectivity index (χ0n) is 22.0. The lowest BCUT2D eigenvalue weighted by Gasteiger charge is -2.38. The molecule has 5 rings (SSSR count). The number of nitrogens with zero attached hydrogens (tertiary/aromatic N) is 2. The first kappa shape index (κ1) is 26.4. The van der Waals surface area contributed by atoms with Crippen molar-refractivity contribution >= 4 is 33.4 Å². The number of fused-ring (bicyclic) bond motifs is 3. The molecule has 37 heavy (non-hydrogen) atoms. The number of likely N-dealkylation sites (N-methyl/N-ethyl adjacent to an activating group) is 1. The summed E-state index contributed by atoms with van der Waals surface area (Å²) in [5.41, 5.74) is 2.24. The minimum absolute atomic E-state index is 0.0126. The average Bonchev–Trinajstić information content (AvgIpc) is 3.24. The summed E-state index contributed by atoms with van der Waals surface area (Å²) in [6.07, 6.45) is -0.0800. The van der Waals surface area contributed by atoms with Gasteiger partial charge in [0.15, 0.2) is 5.60 Å². The Kier molecular flexibility index (Phi) is 6.54. The first-order chi connectivity index (χ1) is 17.4. The highest BCUT2D eigenvalue weighted by Gasteiger charge is 2.66. The molecule has 198 valence electrons. The van der Waals surface area contributed by atoms with Crippen LogP contribution >= 0.6 is 15.9 Å². The van der Waals surface area contributed by atoms with E-state index >= 15 is 0 Å². The van der Waals surface area contributed by atoms with E-state index in [0.29, 0.717) is 13.0 Å². The lowest BCUT2D eigenvalue weighted by Crippen LogP contribution is -2.48. The highest BCUT2D eigenvalue weighted by atomic mass is 79.9. The van der Waals surface area contributed by atoms with Crippen LogP contribution in [0, 0.1) is 18.8 Å². The molecule has 3 heterocycles. The van der Waals surface area contributed by atoms with E-state index in [2.05, 4.69) is 15.9 Å². The predicted molar refractivity (Wildman–Crippen MR) is 144 cm³/mol. The highest BCUT2D eigenvalue weighted by molar-refractivity contribution is 9.10. The predicted octanol–water partition coefficient (Wildman–Crippen LogP) is 3.69. The number of carbonyl (C=O) groups is 2. The number of rotatable bonds is 4. The zero-order chi connectivity index (χ0) is 26.9. The lowest BCUT2D eigenvalue weighted by molar-refractivity contribution is -0.151. The molecule has 2 N–H and O–H groups in total. The number of ether oxygens (including phenoxy) is 1. The maximum atomic E-state index is 13.9. The molecule has 0 aliphatic carbocycles. The number of anilines is 1. The maximum Gasteiger partial charge on any atom is 0.264 e. The highest BCUT2D eigenvalue weighted by Crippen LogP contribution is 2.58. The Labute approximate surface area is 226 Å². The van der Waals surface area contributed by atoms with E-state index in [1.54, 1.807) is 30.7 Å². The van der Waals surface area contributed by atoms with Crippen molar-refractivity contribution in [1.29, 1.82) is 0 Å². The Balaban J connectivity index is 1.51. The van der Waals surface area contributed by atoms with Crippen LogP contribution in [0.4, 0.5) is 5.69 Å². The Bertz CT molecular complexity index is 1260. The molecule has 3 aliphatic rings. The first-order valence-electron chi connectivity index (χ1n) is 12.9. The Hall–Kier alpha value is -2.26. The minimum Gasteiger partial charge on any atom is -0.394 e. The lowest BCUT2D eigenvalue weighted by atomic mass is 9.70. The van der Waals surface area contributed by atoms with Crippen molar-refractivity contribution in [3.8, 4) is 0 Å². The normalized spacial score (nSPS) is 29.1. The van der Waals surface area contributed by atoms with E-state index in [1.807, 2.05) is 50.2 Å². The summed E-state index contributed by atoms with van der Waals surface area (Å²) < 4.78 is 7.51. The average molecular weight is 572 g/mol. The third kappa shape index (κ3) is 4.04. The second-order valence-electron chi connectivity index (χ2n) is 11.4. The Morgan fingerprint density at radius 3 is 2.57 bits per heavy atom. The van der Waals surface area contributed by atoms with E-state index in [0.717, 1.165) is 32.4 Å². The quantitative estimate of drug-likeness (QED) is 0.585. The van der Waals surface area contributed by atoms with Crippen LogP contribution in [-0.2, 0) is 32.9 Å². The number of benzene rings is 2. The molecule has 0 unspecified atom stereocenters. The first-order valence-corrected chi connectivity index (χ1v) is 13.7. The van der Waals surface area contributed by atoms with Crippen LogP contribution < -0.4 is 4.90 Å². The van der Waals surface area contributed by atoms with Gasteiger partial charge in [-0.3, -0.25) is 9.59 Å². The third-order valence-electron chi connectivity index (χ3n) is 8.56. The summed E-state index contributed by atoms with van der Waals surface area (Å²) in [5, 5.41) is 21.4. The van der Waals surface area contributed by atoms with Gasteiger partial charge in [0.2, 0.25) is 5.91 Å². The number of aryl methyl sites for hydroxylation is 1. The van der Waals surface area contributed by atoms with Gasteiger partial charge in [0, 0.05) is 35.5 Å². The fourth-order valence-corrected chi connectivity index (χ4v) is 7.78. The summed E-state index contributed by atoms with van der Waals surface area (Å²) in [7, 11) is 1.74. The smallest absolute Gasteiger partial charge is 0.264 e. The number of hydrogen-bond donors (Lipinski definition) is 2. The van der Waals surface area contributed by atoms with E-state index in [9.17, 15) is 19.8 Å². The van der Waals surface area contributed by atoms with Crippen LogP contribution in [0.25, 0.3) is 0 Å². The molecule has 1 fully saturated rings. The van der Waals surface area contributed by atoms with Gasteiger partial charge in [-0.2, -0.15) is 0 Å². The van der Waals surface area contributed by atoms with Gasteiger partial charge in [0.05, 0.1) is 36.5 Å². The van der Waals surface area contributed by atoms with Crippen molar-refractivity contribution in [3.63, 3.8) is 0 Å². The summed E-state index contributed by atoms with van der Waals surface area (Å²) in [5.74, 6) is -1.19. The second-order valence-corrected chi connectivity index (χ2v) is 12.3. The van der Waals surface area contributed by atoms with Gasteiger partial charge in [-0.1, -0.05) is 37.3 Å². The van der Waals surface area contributed by atoms with Crippen LogP contribution in [0.2, 0.25) is 0 Å². The van der Waals surface area contributed by atoms with Crippen LogP contribution in [-0.4, -0.2) is 58.3 Å². The summed E-state index contributed by atoms with van der Waals surface area (Å²) in [6, 6.07) is 11.6. The van der Waals surface area contributed by atoms with Gasteiger partial charge in [-0.25, -0.2) is 0 Å². The molecule has 1 saturated heterocycles. The van der Waals surface area contributed by atoms with Crippen molar-refractivity contribution in [2.24, 2.45) is 11.8 Å². The standard InChI is InChI=1S/C29H35BrN2O5/c1-16-10-21-26(22(30)11-16)31(5)27(35)29(21)17(2)25(28(3,4)36)23(37-29)13-24(34)32-14-19-9-7-6-8-18(19)12-20(32)15-33/h6-11,17,20,23,25,33,36H,12-15H2,1-5H3/t17-,20+,23+,25-,29+/m1/s1. The number of aliphatic hydroxyl groups excluding tert-OH is 1. The van der Waals surface area contributed by atoms with E-state index < -0.39 is 23.2 Å². The van der Waals surface area contributed by atoms with Crippen molar-refractivity contribution in [2.45, 2.75) is 70.4 Å². The van der Waals surface area contributed by atoms with Crippen molar-refractivity contribution in [3.05, 3.63) is 63.1 Å². The van der Waals surface area contributed by atoms with Crippen LogP contribution in [0.1, 0.15) is 49.4 Å². The fraction of sp³-hybridized carbons (Fsp3) is 0.517. The van der Waals surface area contributed by atoms with Gasteiger partial charge in [0.25, 0.3) is 5.91 Å². The Morgan fingerprint density at radius 2 is 1.92 bits per heavy atom. The van der Waals surface area contributed by atoms with Crippen molar-refractivity contribution < 1.29 is 24.5 Å². The molecular formula is C29H35BrN2O5. The fourth-order valence-electron chi connectivity index (χ4n) is 6.94. The largest absolute Gasteiger partial charge is 0.394 e. The SMILES string of the molecule is Cc1cc(Br)c2c(c1)[C@]1(O[C@@H](CC(=O)N3Cc4ccccc4C[C@H]3CO)[C@H](C(C)(C)O)[C@H]1C)C(=O)N2C. The van der Waals surface area contributed by atoms with Crippen LogP contribution in [0.5, 0.6) is 0 Å². The number of aliphatic hydroxyl groups is 2. The molecule has 5 atom stereocenters. The van der Waals surface area contributed by atoms with Crippen LogP contribution in [0.3, 0.4) is 0 Å². The molecule has 2 aromatic rings. The van der Waals surface area contributed by atoms with Gasteiger partial charge in [-0.05, 0) is 65.9 Å². The van der Waals surface area contributed by atoms with E-state index in [4.69, 9.17) is 4.74 Å². The zero-order valence-corrected chi connectivity index (χ0v) is 23.6. The van der Waals surface area contributed by atoms with Crippen molar-refractivity contribution in [2.75, 3.05) is 18.6 Å². The van der Waals surface area contributed by atoms with Gasteiger partial charge < -0.3 is 24.7 Å². The van der Waals surface area contributed by atoms with Crippen LogP contribution in [0.15, 0.2) is 40.9 Å². The molecule has 8 heteroatoms. The maximum absolute atomic E-state index is 13.9. The molecule has 7 nitrogen and oxygen atoms in total. The van der Waals surface area contributed by atoms with Crippen molar-refractivity contribution in [1.82, 2.24) is 4.90 Å². The number of amides is 2. The molecule has 0 saturated carbocycles. The van der Waals surface area contributed by atoms with Gasteiger partial charge in [-0.15, -0.1) is 0 Å². The van der Waals surface area contributed by atoms with Gasteiger partial charge in [0.1, 0.15) is 0 Å². The summed E-state index contributed by atoms with van der Waals surface area (Å²) in [6.45, 7) is 7.63. The molecule has 0 aromatic heterocycles. The van der Waals surface area contributed by atoms with Gasteiger partial charge >= 0.3 is 0 Å². The monoisotopic (exact) mass is 570 g/mol. The van der Waals surface area contributed by atoms with E-state index in [-0.39, 0.29) is 36.8 Å². The molecule has 3 aliphatic heterocycles. The van der Waals surface area contributed by atoms with E-state index in [1.165, 1.54) is 0 Å². The Morgan fingerprint density at radius 1 is 1.24 bits per heavy atom. The summed E-state index contributed by atoms with van der Waals surface area (Å²) in [4.78, 5) is 31.0.